The molecule has 1 aromatic carbocycles. The van der Waals surface area contributed by atoms with Gasteiger partial charge in [0.25, 0.3) is 0 Å². The van der Waals surface area contributed by atoms with Crippen molar-refractivity contribution in [3.05, 3.63) is 27.7 Å². The maximum atomic E-state index is 13.2. The molecular formula is C22H27Cl2F3N4O. The Labute approximate surface area is 196 Å². The van der Waals surface area contributed by atoms with Gasteiger partial charge in [0, 0.05) is 32.2 Å². The first kappa shape index (κ1) is 24.9. The van der Waals surface area contributed by atoms with Crippen molar-refractivity contribution in [1.82, 2.24) is 10.2 Å². The van der Waals surface area contributed by atoms with Gasteiger partial charge in [-0.3, -0.25) is 9.69 Å². The zero-order chi connectivity index (χ0) is 23.3. The number of carbonyl (C=O) groups is 1. The third-order valence-electron chi connectivity index (χ3n) is 6.36. The standard InChI is InChI=1S/C22H27Cl2F3N4O/c23-18-14-19(24)20(13-17(18)22(25,26)27)31-11-9-30(10-12-31)8-6-15-1-3-16(4-2-15)29-21(32)5-7-28/h13-16H,1-6,8-12H2,(H,29,32). The number of nitrogens with one attached hydrogen (secondary N) is 1. The molecule has 1 aromatic rings. The van der Waals surface area contributed by atoms with Crippen LogP contribution in [0.15, 0.2) is 12.1 Å². The fourth-order valence-electron chi connectivity index (χ4n) is 4.52. The zero-order valence-corrected chi connectivity index (χ0v) is 19.2. The lowest BCUT2D eigenvalue weighted by molar-refractivity contribution is -0.137. The molecule has 1 aliphatic heterocycles. The van der Waals surface area contributed by atoms with Gasteiger partial charge in [-0.25, -0.2) is 0 Å². The molecule has 1 saturated carbocycles. The van der Waals surface area contributed by atoms with Crippen LogP contribution in [0.5, 0.6) is 0 Å². The first-order valence-corrected chi connectivity index (χ1v) is 11.6. The van der Waals surface area contributed by atoms with Gasteiger partial charge in [-0.15, -0.1) is 0 Å². The van der Waals surface area contributed by atoms with Crippen molar-refractivity contribution in [3.8, 4) is 6.07 Å². The number of hydrogen-bond acceptors (Lipinski definition) is 4. The number of piperazine rings is 1. The highest BCUT2D eigenvalue weighted by atomic mass is 35.5. The Morgan fingerprint density at radius 1 is 1.09 bits per heavy atom. The monoisotopic (exact) mass is 490 g/mol. The van der Waals surface area contributed by atoms with E-state index < -0.39 is 11.7 Å². The van der Waals surface area contributed by atoms with Crippen molar-refractivity contribution in [2.75, 3.05) is 37.6 Å². The van der Waals surface area contributed by atoms with Crippen LogP contribution in [0, 0.1) is 17.2 Å². The van der Waals surface area contributed by atoms with Crippen LogP contribution < -0.4 is 10.2 Å². The van der Waals surface area contributed by atoms with E-state index in [4.69, 9.17) is 28.5 Å². The van der Waals surface area contributed by atoms with Crippen LogP contribution in [-0.4, -0.2) is 49.6 Å². The molecule has 0 atom stereocenters. The van der Waals surface area contributed by atoms with E-state index in [9.17, 15) is 18.0 Å². The summed E-state index contributed by atoms with van der Waals surface area (Å²) in [6.45, 7) is 3.69. The summed E-state index contributed by atoms with van der Waals surface area (Å²) in [5, 5.41) is 11.3. The van der Waals surface area contributed by atoms with Gasteiger partial charge in [0.1, 0.15) is 6.42 Å². The lowest BCUT2D eigenvalue weighted by Gasteiger charge is -2.38. The second-order valence-corrected chi connectivity index (χ2v) is 9.33. The quantitative estimate of drug-likeness (QED) is 0.601. The summed E-state index contributed by atoms with van der Waals surface area (Å²) in [6.07, 6.45) is 0.438. The highest BCUT2D eigenvalue weighted by Crippen LogP contribution is 2.40. The third kappa shape index (κ3) is 6.66. The van der Waals surface area contributed by atoms with Crippen molar-refractivity contribution < 1.29 is 18.0 Å². The van der Waals surface area contributed by atoms with E-state index >= 15 is 0 Å². The average Bonchev–Trinajstić information content (AvgIpc) is 2.73. The Bertz CT molecular complexity index is 843. The number of nitriles is 1. The second kappa shape index (κ2) is 11.0. The van der Waals surface area contributed by atoms with E-state index in [1.54, 1.807) is 0 Å². The summed E-state index contributed by atoms with van der Waals surface area (Å²) in [4.78, 5) is 15.8. The summed E-state index contributed by atoms with van der Waals surface area (Å²) in [7, 11) is 0. The lowest BCUT2D eigenvalue weighted by Crippen LogP contribution is -2.47. The topological polar surface area (TPSA) is 59.4 Å². The molecule has 10 heteroatoms. The van der Waals surface area contributed by atoms with Crippen LogP contribution in [0.2, 0.25) is 10.0 Å². The van der Waals surface area contributed by atoms with Gasteiger partial charge in [0.2, 0.25) is 5.91 Å². The normalized spacial score (nSPS) is 22.4. The second-order valence-electron chi connectivity index (χ2n) is 8.52. The lowest BCUT2D eigenvalue weighted by atomic mass is 9.84. The van der Waals surface area contributed by atoms with Crippen LogP contribution >= 0.6 is 23.2 Å². The number of rotatable bonds is 6. The molecular weight excluding hydrogens is 464 g/mol. The number of benzene rings is 1. The summed E-state index contributed by atoms with van der Waals surface area (Å²) < 4.78 is 39.6. The largest absolute Gasteiger partial charge is 0.417 e. The van der Waals surface area contributed by atoms with Gasteiger partial charge in [-0.2, -0.15) is 18.4 Å². The Kier molecular flexibility index (Phi) is 8.54. The minimum atomic E-state index is -4.52. The fraction of sp³-hybridized carbons (Fsp3) is 0.636. The van der Waals surface area contributed by atoms with E-state index in [-0.39, 0.29) is 28.4 Å². The maximum Gasteiger partial charge on any atom is 0.417 e. The predicted octanol–water partition coefficient (Wildman–Crippen LogP) is 5.11. The summed E-state index contributed by atoms with van der Waals surface area (Å²) in [5.41, 5.74) is -0.486. The van der Waals surface area contributed by atoms with Crippen molar-refractivity contribution in [1.29, 1.82) is 5.26 Å². The molecule has 2 fully saturated rings. The Balaban J connectivity index is 1.44. The fourth-order valence-corrected chi connectivity index (χ4v) is 5.13. The van der Waals surface area contributed by atoms with E-state index in [0.29, 0.717) is 24.7 Å². The zero-order valence-electron chi connectivity index (χ0n) is 17.7. The van der Waals surface area contributed by atoms with E-state index in [1.165, 1.54) is 6.07 Å². The van der Waals surface area contributed by atoms with Gasteiger partial charge in [0.15, 0.2) is 0 Å². The number of nitrogens with zero attached hydrogens (tertiary/aromatic N) is 3. The summed E-state index contributed by atoms with van der Waals surface area (Å²) in [5.74, 6) is 0.411. The van der Waals surface area contributed by atoms with Crippen molar-refractivity contribution in [3.63, 3.8) is 0 Å². The number of hydrogen-bond donors (Lipinski definition) is 1. The number of halogens is 5. The van der Waals surface area contributed by atoms with Gasteiger partial charge >= 0.3 is 6.18 Å². The number of amides is 1. The van der Waals surface area contributed by atoms with Crippen LogP contribution in [0.4, 0.5) is 18.9 Å². The minimum Gasteiger partial charge on any atom is -0.368 e. The predicted molar refractivity (Wildman–Crippen MR) is 119 cm³/mol. The molecule has 1 aliphatic carbocycles. The van der Waals surface area contributed by atoms with Crippen LogP contribution in [-0.2, 0) is 11.0 Å². The molecule has 0 radical (unpaired) electrons. The van der Waals surface area contributed by atoms with E-state index in [0.717, 1.165) is 57.8 Å². The molecule has 1 amide bonds. The van der Waals surface area contributed by atoms with Gasteiger partial charge in [-0.1, -0.05) is 23.2 Å². The average molecular weight is 491 g/mol. The molecule has 0 unspecified atom stereocenters. The summed E-state index contributed by atoms with van der Waals surface area (Å²) >= 11 is 11.9. The first-order valence-electron chi connectivity index (χ1n) is 10.9. The van der Waals surface area contributed by atoms with Crippen LogP contribution in [0.25, 0.3) is 0 Å². The highest BCUT2D eigenvalue weighted by Gasteiger charge is 2.35. The molecule has 0 bridgehead atoms. The van der Waals surface area contributed by atoms with Gasteiger partial charge in [-0.05, 0) is 56.7 Å². The maximum absolute atomic E-state index is 13.2. The van der Waals surface area contributed by atoms with E-state index in [1.807, 2.05) is 11.0 Å². The van der Waals surface area contributed by atoms with Gasteiger partial charge in [0.05, 0.1) is 27.4 Å². The van der Waals surface area contributed by atoms with Gasteiger partial charge < -0.3 is 10.2 Å². The molecule has 0 spiro atoms. The Hall–Kier alpha value is -1.69. The SMILES string of the molecule is N#CCC(=O)NC1CCC(CCN2CCN(c3cc(C(F)(F)F)c(Cl)cc3Cl)CC2)CC1. The van der Waals surface area contributed by atoms with E-state index in [2.05, 4.69) is 10.2 Å². The third-order valence-corrected chi connectivity index (χ3v) is 6.98. The van der Waals surface area contributed by atoms with Crippen molar-refractivity contribution in [2.24, 2.45) is 5.92 Å². The molecule has 1 N–H and O–H groups in total. The number of alkyl halides is 3. The minimum absolute atomic E-state index is 0.0926. The summed E-state index contributed by atoms with van der Waals surface area (Å²) in [6, 6.07) is 4.26. The van der Waals surface area contributed by atoms with Crippen molar-refractivity contribution >= 4 is 34.8 Å². The molecule has 1 heterocycles. The first-order chi connectivity index (χ1) is 15.2. The number of anilines is 1. The smallest absolute Gasteiger partial charge is 0.368 e. The molecule has 0 aromatic heterocycles. The Morgan fingerprint density at radius 3 is 2.34 bits per heavy atom. The molecule has 1 saturated heterocycles. The molecule has 5 nitrogen and oxygen atoms in total. The molecule has 176 valence electrons. The number of carbonyl (C=O) groups excluding carboxylic acids is 1. The highest BCUT2D eigenvalue weighted by molar-refractivity contribution is 6.36. The molecule has 2 aliphatic rings. The van der Waals surface area contributed by atoms with Crippen LogP contribution in [0.3, 0.4) is 0 Å². The Morgan fingerprint density at radius 2 is 1.75 bits per heavy atom. The van der Waals surface area contributed by atoms with Crippen molar-refractivity contribution in [2.45, 2.75) is 50.7 Å². The molecule has 32 heavy (non-hydrogen) atoms. The van der Waals surface area contributed by atoms with Crippen LogP contribution in [0.1, 0.15) is 44.1 Å². The molecule has 3 rings (SSSR count).